The second-order valence-electron chi connectivity index (χ2n) is 3.92. The van der Waals surface area contributed by atoms with Gasteiger partial charge in [-0.05, 0) is 18.9 Å². The fraction of sp³-hybridized carbons (Fsp3) is 0.400. The molecule has 1 atom stereocenters. The van der Waals surface area contributed by atoms with Crippen LogP contribution in [0.4, 0.5) is 0 Å². The monoisotopic (exact) mass is 248 g/mol. The Labute approximate surface area is 108 Å². The first-order chi connectivity index (χ1) is 8.72. The summed E-state index contributed by atoms with van der Waals surface area (Å²) in [6, 6.07) is 7.65. The van der Waals surface area contributed by atoms with Crippen molar-refractivity contribution in [2.24, 2.45) is 0 Å². The van der Waals surface area contributed by atoms with Crippen molar-refractivity contribution >= 4 is 5.97 Å². The molecule has 0 heterocycles. The van der Waals surface area contributed by atoms with Gasteiger partial charge in [0.15, 0.2) is 0 Å². The van der Waals surface area contributed by atoms with Crippen molar-refractivity contribution in [1.29, 1.82) is 0 Å². The van der Waals surface area contributed by atoms with E-state index in [0.29, 0.717) is 13.0 Å². The number of para-hydroxylation sites is 1. The normalized spacial score (nSPS) is 11.7. The Morgan fingerprint density at radius 3 is 2.72 bits per heavy atom. The van der Waals surface area contributed by atoms with Crippen molar-refractivity contribution in [3.63, 3.8) is 0 Å². The van der Waals surface area contributed by atoms with Crippen molar-refractivity contribution in [2.45, 2.75) is 32.8 Å². The third-order valence-corrected chi connectivity index (χ3v) is 2.52. The molecule has 0 aromatic heterocycles. The van der Waals surface area contributed by atoms with E-state index in [2.05, 4.69) is 13.5 Å². The third-order valence-electron chi connectivity index (χ3n) is 2.52. The zero-order valence-electron chi connectivity index (χ0n) is 11.0. The van der Waals surface area contributed by atoms with Crippen LogP contribution in [0.2, 0.25) is 0 Å². The highest BCUT2D eigenvalue weighted by atomic mass is 16.5. The molecule has 0 spiro atoms. The van der Waals surface area contributed by atoms with Crippen LogP contribution in [0.3, 0.4) is 0 Å². The van der Waals surface area contributed by atoms with Gasteiger partial charge in [0.2, 0.25) is 0 Å². The van der Waals surface area contributed by atoms with E-state index in [-0.39, 0.29) is 6.10 Å². The minimum Gasteiger partial charge on any atom is -0.493 e. The van der Waals surface area contributed by atoms with Crippen LogP contribution in [0.15, 0.2) is 36.9 Å². The third kappa shape index (κ3) is 3.91. The molecule has 3 nitrogen and oxygen atoms in total. The van der Waals surface area contributed by atoms with Gasteiger partial charge in [0, 0.05) is 11.6 Å². The summed E-state index contributed by atoms with van der Waals surface area (Å²) in [6.07, 6.45) is 2.53. The molecule has 0 aliphatic heterocycles. The highest BCUT2D eigenvalue weighted by Gasteiger charge is 2.17. The van der Waals surface area contributed by atoms with E-state index in [1.165, 1.54) is 6.08 Å². The molecular formula is C15H20O3. The molecule has 0 saturated carbocycles. The van der Waals surface area contributed by atoms with Gasteiger partial charge < -0.3 is 9.47 Å². The van der Waals surface area contributed by atoms with Crippen LogP contribution in [-0.2, 0) is 9.53 Å². The Kier molecular flexibility index (Phi) is 5.98. The van der Waals surface area contributed by atoms with E-state index in [9.17, 15) is 4.79 Å². The molecule has 0 saturated heterocycles. The van der Waals surface area contributed by atoms with E-state index in [4.69, 9.17) is 9.47 Å². The quantitative estimate of drug-likeness (QED) is 0.545. The Bertz CT molecular complexity index is 398. The highest BCUT2D eigenvalue weighted by molar-refractivity contribution is 5.81. The van der Waals surface area contributed by atoms with E-state index in [1.807, 2.05) is 31.2 Å². The molecular weight excluding hydrogens is 228 g/mol. The van der Waals surface area contributed by atoms with Crippen LogP contribution in [0.25, 0.3) is 0 Å². The smallest absolute Gasteiger partial charge is 0.330 e. The largest absolute Gasteiger partial charge is 0.493 e. The van der Waals surface area contributed by atoms with Gasteiger partial charge in [-0.2, -0.15) is 0 Å². The fourth-order valence-corrected chi connectivity index (χ4v) is 1.65. The molecule has 18 heavy (non-hydrogen) atoms. The molecule has 1 aromatic rings. The molecule has 0 amide bonds. The number of ether oxygens (including phenoxy) is 2. The molecule has 98 valence electrons. The molecule has 0 aliphatic rings. The zero-order chi connectivity index (χ0) is 13.4. The maximum Gasteiger partial charge on any atom is 0.330 e. The van der Waals surface area contributed by atoms with Gasteiger partial charge in [-0.1, -0.05) is 38.6 Å². The Morgan fingerprint density at radius 1 is 1.39 bits per heavy atom. The SMILES string of the molecule is C=CC(=O)OC(CC)c1ccccc1OCCC. The molecule has 3 heteroatoms. The number of esters is 1. The molecule has 0 radical (unpaired) electrons. The lowest BCUT2D eigenvalue weighted by Crippen LogP contribution is -2.10. The van der Waals surface area contributed by atoms with E-state index < -0.39 is 5.97 Å². The van der Waals surface area contributed by atoms with Crippen molar-refractivity contribution in [1.82, 2.24) is 0 Å². The molecule has 1 unspecified atom stereocenters. The minimum absolute atomic E-state index is 0.288. The molecule has 1 aromatic carbocycles. The van der Waals surface area contributed by atoms with Gasteiger partial charge in [0.25, 0.3) is 0 Å². The Hall–Kier alpha value is -1.77. The first kappa shape index (κ1) is 14.3. The zero-order valence-corrected chi connectivity index (χ0v) is 11.0. The lowest BCUT2D eigenvalue weighted by molar-refractivity contribution is -0.143. The van der Waals surface area contributed by atoms with E-state index in [0.717, 1.165) is 17.7 Å². The molecule has 0 bridgehead atoms. The van der Waals surface area contributed by atoms with Crippen LogP contribution in [0.5, 0.6) is 5.75 Å². The first-order valence-corrected chi connectivity index (χ1v) is 6.27. The summed E-state index contributed by atoms with van der Waals surface area (Å²) >= 11 is 0. The summed E-state index contributed by atoms with van der Waals surface area (Å²) < 4.78 is 11.0. The van der Waals surface area contributed by atoms with Gasteiger partial charge in [0.1, 0.15) is 11.9 Å². The van der Waals surface area contributed by atoms with Crippen LogP contribution >= 0.6 is 0 Å². The van der Waals surface area contributed by atoms with Crippen LogP contribution in [0, 0.1) is 0 Å². The standard InChI is InChI=1S/C15H20O3/c1-4-11-17-14-10-8-7-9-12(14)13(5-2)18-15(16)6-3/h6-10,13H,3-5,11H2,1-2H3. The maximum atomic E-state index is 11.3. The summed E-state index contributed by atoms with van der Waals surface area (Å²) in [5.74, 6) is 0.371. The summed E-state index contributed by atoms with van der Waals surface area (Å²) in [4.78, 5) is 11.3. The van der Waals surface area contributed by atoms with Crippen LogP contribution in [-0.4, -0.2) is 12.6 Å². The van der Waals surface area contributed by atoms with Crippen LogP contribution in [0.1, 0.15) is 38.4 Å². The predicted molar refractivity (Wildman–Crippen MR) is 71.5 cm³/mol. The predicted octanol–water partition coefficient (Wildman–Crippen LogP) is 3.66. The van der Waals surface area contributed by atoms with Gasteiger partial charge in [-0.25, -0.2) is 4.79 Å². The topological polar surface area (TPSA) is 35.5 Å². The lowest BCUT2D eigenvalue weighted by Gasteiger charge is -2.19. The molecule has 0 aliphatic carbocycles. The van der Waals surface area contributed by atoms with Crippen molar-refractivity contribution < 1.29 is 14.3 Å². The van der Waals surface area contributed by atoms with Gasteiger partial charge in [0.05, 0.1) is 6.61 Å². The minimum atomic E-state index is -0.410. The highest BCUT2D eigenvalue weighted by Crippen LogP contribution is 2.30. The average molecular weight is 248 g/mol. The summed E-state index contributed by atoms with van der Waals surface area (Å²) in [7, 11) is 0. The average Bonchev–Trinajstić information content (AvgIpc) is 2.42. The summed E-state index contributed by atoms with van der Waals surface area (Å²) in [5, 5.41) is 0. The van der Waals surface area contributed by atoms with E-state index in [1.54, 1.807) is 0 Å². The Balaban J connectivity index is 2.89. The van der Waals surface area contributed by atoms with Gasteiger partial charge >= 0.3 is 5.97 Å². The number of rotatable bonds is 7. The van der Waals surface area contributed by atoms with Crippen molar-refractivity contribution in [2.75, 3.05) is 6.61 Å². The Morgan fingerprint density at radius 2 is 2.11 bits per heavy atom. The van der Waals surface area contributed by atoms with Crippen LogP contribution < -0.4 is 4.74 Å². The van der Waals surface area contributed by atoms with Gasteiger partial charge in [-0.3, -0.25) is 0 Å². The molecule has 1 rings (SSSR count). The molecule has 0 fully saturated rings. The maximum absolute atomic E-state index is 11.3. The fourth-order valence-electron chi connectivity index (χ4n) is 1.65. The number of hydrogen-bond donors (Lipinski definition) is 0. The second kappa shape index (κ2) is 7.54. The van der Waals surface area contributed by atoms with Crippen molar-refractivity contribution in [3.05, 3.63) is 42.5 Å². The number of carbonyl (C=O) groups is 1. The lowest BCUT2D eigenvalue weighted by atomic mass is 10.1. The van der Waals surface area contributed by atoms with Gasteiger partial charge in [-0.15, -0.1) is 0 Å². The number of carbonyl (C=O) groups excluding carboxylic acids is 1. The number of hydrogen-bond acceptors (Lipinski definition) is 3. The first-order valence-electron chi connectivity index (χ1n) is 6.27. The second-order valence-corrected chi connectivity index (χ2v) is 3.92. The van der Waals surface area contributed by atoms with Crippen molar-refractivity contribution in [3.8, 4) is 5.75 Å². The van der Waals surface area contributed by atoms with E-state index >= 15 is 0 Å². The summed E-state index contributed by atoms with van der Waals surface area (Å²) in [6.45, 7) is 8.09. The summed E-state index contributed by atoms with van der Waals surface area (Å²) in [5.41, 5.74) is 0.906. The molecule has 0 N–H and O–H groups in total. The number of benzene rings is 1.